The molecule has 0 fully saturated rings. The number of nitrogens with one attached hydrogen (secondary N) is 3. The summed E-state index contributed by atoms with van der Waals surface area (Å²) in [5.41, 5.74) is 9.03. The van der Waals surface area contributed by atoms with Crippen molar-refractivity contribution < 1.29 is 9.90 Å². The number of hydrogen-bond donors (Lipinski definition) is 5. The summed E-state index contributed by atoms with van der Waals surface area (Å²) < 4.78 is 0. The Labute approximate surface area is 188 Å². The minimum absolute atomic E-state index is 0.0868. The van der Waals surface area contributed by atoms with Gasteiger partial charge in [0.1, 0.15) is 17.0 Å². The number of fused-ring (bicyclic) bond motifs is 4. The molecule has 5 rings (SSSR count). The molecule has 0 saturated carbocycles. The van der Waals surface area contributed by atoms with E-state index in [-0.39, 0.29) is 18.9 Å². The van der Waals surface area contributed by atoms with Crippen molar-refractivity contribution >= 4 is 49.9 Å². The zero-order chi connectivity index (χ0) is 22.1. The highest BCUT2D eigenvalue weighted by Crippen LogP contribution is 2.40. The third-order valence-corrected chi connectivity index (χ3v) is 7.15. The van der Waals surface area contributed by atoms with E-state index in [1.165, 1.54) is 10.4 Å². The molecule has 0 aliphatic heterocycles. The number of anilines is 2. The van der Waals surface area contributed by atoms with Crippen molar-refractivity contribution in [3.8, 4) is 0 Å². The normalized spacial score (nSPS) is 16.8. The van der Waals surface area contributed by atoms with Gasteiger partial charge in [-0.05, 0) is 55.4 Å². The Morgan fingerprint density at radius 1 is 1.38 bits per heavy atom. The highest BCUT2D eigenvalue weighted by atomic mass is 32.1. The molecular weight excluding hydrogens is 426 g/mol. The van der Waals surface area contributed by atoms with Crippen LogP contribution in [0.3, 0.4) is 0 Å². The summed E-state index contributed by atoms with van der Waals surface area (Å²) >= 11 is 1.70. The van der Waals surface area contributed by atoms with Gasteiger partial charge in [-0.25, -0.2) is 9.97 Å². The van der Waals surface area contributed by atoms with Crippen LogP contribution in [0, 0.1) is 5.92 Å². The van der Waals surface area contributed by atoms with Gasteiger partial charge in [-0.3, -0.25) is 9.89 Å². The maximum atomic E-state index is 12.1. The predicted molar refractivity (Wildman–Crippen MR) is 125 cm³/mol. The van der Waals surface area contributed by atoms with E-state index in [0.717, 1.165) is 51.9 Å². The molecule has 3 heterocycles. The number of carbonyl (C=O) groups excluding carboxylic acids is 1. The van der Waals surface area contributed by atoms with Crippen LogP contribution in [0.4, 0.5) is 11.5 Å². The molecule has 1 unspecified atom stereocenters. The zero-order valence-corrected chi connectivity index (χ0v) is 18.3. The molecule has 0 bridgehead atoms. The largest absolute Gasteiger partial charge is 0.396 e. The van der Waals surface area contributed by atoms with Crippen molar-refractivity contribution in [2.75, 3.05) is 18.5 Å². The molecule has 1 aliphatic rings. The first-order chi connectivity index (χ1) is 15.6. The second kappa shape index (κ2) is 8.81. The lowest BCUT2D eigenvalue weighted by atomic mass is 9.87. The molecule has 9 nitrogen and oxygen atoms in total. The topological polar surface area (TPSA) is 142 Å². The summed E-state index contributed by atoms with van der Waals surface area (Å²) in [7, 11) is 0. The number of amides is 1. The Morgan fingerprint density at radius 3 is 3.16 bits per heavy atom. The number of H-pyrrole nitrogens is 1. The molecular formula is C22H25N7O2S. The Morgan fingerprint density at radius 2 is 2.28 bits per heavy atom. The van der Waals surface area contributed by atoms with Crippen LogP contribution in [-0.4, -0.2) is 50.4 Å². The van der Waals surface area contributed by atoms with Gasteiger partial charge in [0, 0.05) is 29.1 Å². The molecule has 6 N–H and O–H groups in total. The van der Waals surface area contributed by atoms with Crippen molar-refractivity contribution in [2.24, 2.45) is 11.7 Å². The summed E-state index contributed by atoms with van der Waals surface area (Å²) in [4.78, 5) is 23.4. The number of aromatic nitrogens is 4. The Bertz CT molecular complexity index is 1270. The van der Waals surface area contributed by atoms with Gasteiger partial charge in [0.15, 0.2) is 0 Å². The lowest BCUT2D eigenvalue weighted by molar-refractivity contribution is -0.122. The smallest absolute Gasteiger partial charge is 0.237 e. The molecule has 3 aromatic heterocycles. The molecule has 0 spiro atoms. The molecule has 32 heavy (non-hydrogen) atoms. The van der Waals surface area contributed by atoms with E-state index in [4.69, 9.17) is 10.8 Å². The lowest BCUT2D eigenvalue weighted by Crippen LogP contribution is -2.43. The summed E-state index contributed by atoms with van der Waals surface area (Å²) in [5, 5.41) is 24.5. The average molecular weight is 452 g/mol. The number of aromatic amines is 1. The first-order valence-electron chi connectivity index (χ1n) is 10.7. The number of rotatable bonds is 7. The van der Waals surface area contributed by atoms with Crippen LogP contribution in [-0.2, 0) is 17.6 Å². The number of thiophene rings is 1. The van der Waals surface area contributed by atoms with Crippen LogP contribution in [0.15, 0.2) is 30.7 Å². The maximum Gasteiger partial charge on any atom is 0.237 e. The van der Waals surface area contributed by atoms with E-state index >= 15 is 0 Å². The van der Waals surface area contributed by atoms with Crippen molar-refractivity contribution in [2.45, 2.75) is 31.7 Å². The van der Waals surface area contributed by atoms with Crippen molar-refractivity contribution in [1.29, 1.82) is 0 Å². The monoisotopic (exact) mass is 451 g/mol. The number of hydrogen-bond acceptors (Lipinski definition) is 8. The van der Waals surface area contributed by atoms with Crippen LogP contribution in [0.2, 0.25) is 0 Å². The zero-order valence-electron chi connectivity index (χ0n) is 17.5. The molecule has 1 aromatic carbocycles. The van der Waals surface area contributed by atoms with Crippen LogP contribution < -0.4 is 16.4 Å². The Hall–Kier alpha value is -3.08. The Kier molecular flexibility index (Phi) is 5.73. The summed E-state index contributed by atoms with van der Waals surface area (Å²) in [6, 6.07) is 5.39. The lowest BCUT2D eigenvalue weighted by Gasteiger charge is -2.23. The number of benzene rings is 1. The van der Waals surface area contributed by atoms with E-state index in [2.05, 4.69) is 30.8 Å². The second-order valence-electron chi connectivity index (χ2n) is 8.18. The van der Waals surface area contributed by atoms with Gasteiger partial charge in [-0.15, -0.1) is 11.3 Å². The van der Waals surface area contributed by atoms with Gasteiger partial charge >= 0.3 is 0 Å². The van der Waals surface area contributed by atoms with Crippen molar-refractivity contribution in [3.05, 3.63) is 41.2 Å². The van der Waals surface area contributed by atoms with Crippen LogP contribution in [0.5, 0.6) is 0 Å². The summed E-state index contributed by atoms with van der Waals surface area (Å²) in [6.07, 6.45) is 6.47. The van der Waals surface area contributed by atoms with E-state index in [1.54, 1.807) is 23.9 Å². The van der Waals surface area contributed by atoms with Crippen LogP contribution >= 0.6 is 11.3 Å². The maximum absolute atomic E-state index is 12.1. The molecule has 1 aliphatic carbocycles. The minimum atomic E-state index is -0.659. The van der Waals surface area contributed by atoms with Gasteiger partial charge in [0.2, 0.25) is 5.91 Å². The van der Waals surface area contributed by atoms with E-state index < -0.39 is 6.04 Å². The van der Waals surface area contributed by atoms with Gasteiger partial charge in [-0.1, -0.05) is 0 Å². The molecule has 2 atom stereocenters. The first-order valence-corrected chi connectivity index (χ1v) is 11.5. The number of aryl methyl sites for hydroxylation is 1. The highest BCUT2D eigenvalue weighted by Gasteiger charge is 2.26. The number of nitrogens with zero attached hydrogens (tertiary/aromatic N) is 3. The van der Waals surface area contributed by atoms with Gasteiger partial charge in [0.05, 0.1) is 23.1 Å². The fraction of sp³-hybridized carbons (Fsp3) is 0.364. The number of aliphatic hydroxyl groups is 1. The minimum Gasteiger partial charge on any atom is -0.396 e. The summed E-state index contributed by atoms with van der Waals surface area (Å²) in [6.45, 7) is 0.504. The number of aliphatic hydroxyl groups excluding tert-OH is 1. The van der Waals surface area contributed by atoms with Crippen molar-refractivity contribution in [3.63, 3.8) is 0 Å². The molecule has 0 saturated heterocycles. The molecule has 0 radical (unpaired) electrons. The fourth-order valence-electron chi connectivity index (χ4n) is 4.25. The summed E-state index contributed by atoms with van der Waals surface area (Å²) in [5.74, 6) is 0.971. The molecule has 4 aromatic rings. The van der Waals surface area contributed by atoms with E-state index in [9.17, 15) is 4.79 Å². The SMILES string of the molecule is N[C@@H](CCO)C(=O)NCC1CCc2c(sc3ncnc(Nc4ccc5[nH]ncc5c4)c23)C1. The highest BCUT2D eigenvalue weighted by molar-refractivity contribution is 7.19. The van der Waals surface area contributed by atoms with E-state index in [0.29, 0.717) is 12.5 Å². The van der Waals surface area contributed by atoms with Gasteiger partial charge in [0.25, 0.3) is 0 Å². The molecule has 1 amide bonds. The third-order valence-electron chi connectivity index (χ3n) is 5.99. The van der Waals surface area contributed by atoms with Crippen LogP contribution in [0.1, 0.15) is 23.3 Å². The molecule has 10 heteroatoms. The predicted octanol–water partition coefficient (Wildman–Crippen LogP) is 2.24. The van der Waals surface area contributed by atoms with Gasteiger partial charge < -0.3 is 21.5 Å². The van der Waals surface area contributed by atoms with Crippen molar-refractivity contribution in [1.82, 2.24) is 25.5 Å². The number of nitrogens with two attached hydrogens (primary N) is 1. The second-order valence-corrected chi connectivity index (χ2v) is 9.26. The van der Waals surface area contributed by atoms with E-state index in [1.807, 2.05) is 18.2 Å². The molecule has 166 valence electrons. The quantitative estimate of drug-likeness (QED) is 0.290. The fourth-order valence-corrected chi connectivity index (χ4v) is 5.55. The third kappa shape index (κ3) is 4.04. The number of carbonyl (C=O) groups is 1. The van der Waals surface area contributed by atoms with Crippen LogP contribution in [0.25, 0.3) is 21.1 Å². The standard InChI is InChI=1S/C22H25N7O2S/c23-16(5-6-30)21(31)24-9-12-1-3-15-18(7-12)32-22-19(15)20(25-11-26-22)28-14-2-4-17-13(8-14)10-27-29-17/h2,4,8,10-12,16,30H,1,3,5-7,9,23H2,(H,24,31)(H,27,29)(H,25,26,28)/t12?,16-/m0/s1. The Balaban J connectivity index is 1.34. The first kappa shape index (κ1) is 20.8. The van der Waals surface area contributed by atoms with Gasteiger partial charge in [-0.2, -0.15) is 5.10 Å². The average Bonchev–Trinajstić information content (AvgIpc) is 3.41.